The van der Waals surface area contributed by atoms with E-state index in [9.17, 15) is 0 Å². The van der Waals surface area contributed by atoms with Crippen LogP contribution >= 0.6 is 12.6 Å². The summed E-state index contributed by atoms with van der Waals surface area (Å²) >= 11 is 4.16. The van der Waals surface area contributed by atoms with E-state index < -0.39 is 9.28 Å². The normalized spacial score (nSPS) is 11.0. The van der Waals surface area contributed by atoms with Crippen molar-refractivity contribution in [2.45, 2.75) is 32.7 Å². The van der Waals surface area contributed by atoms with Crippen molar-refractivity contribution in [1.29, 1.82) is 0 Å². The molecule has 2 nitrogen and oxygen atoms in total. The first-order valence-corrected chi connectivity index (χ1v) is 6.73. The molecule has 0 saturated carbocycles. The third kappa shape index (κ3) is 7.15. The van der Waals surface area contributed by atoms with E-state index in [2.05, 4.69) is 12.6 Å². The third-order valence-corrected chi connectivity index (χ3v) is 3.70. The summed E-state index contributed by atoms with van der Waals surface area (Å²) in [7, 11) is -0.953. The van der Waals surface area contributed by atoms with E-state index in [1.54, 1.807) is 0 Å². The van der Waals surface area contributed by atoms with Gasteiger partial charge in [0.1, 0.15) is 0 Å². The maximum absolute atomic E-state index is 5.48. The third-order valence-electron chi connectivity index (χ3n) is 1.40. The van der Waals surface area contributed by atoms with Crippen LogP contribution in [0.3, 0.4) is 0 Å². The maximum atomic E-state index is 5.48. The van der Waals surface area contributed by atoms with Crippen LogP contribution in [0.25, 0.3) is 0 Å². The highest BCUT2D eigenvalue weighted by Crippen LogP contribution is 2.05. The Hall–Kier alpha value is 0.487. The Morgan fingerprint density at radius 1 is 1.08 bits per heavy atom. The van der Waals surface area contributed by atoms with Gasteiger partial charge in [0.15, 0.2) is 0 Å². The number of hydrogen-bond acceptors (Lipinski definition) is 3. The lowest BCUT2D eigenvalue weighted by Crippen LogP contribution is -2.22. The van der Waals surface area contributed by atoms with Gasteiger partial charge in [0, 0.05) is 13.2 Å². The van der Waals surface area contributed by atoms with Crippen LogP contribution in [-0.2, 0) is 8.85 Å². The van der Waals surface area contributed by atoms with Crippen LogP contribution in [0, 0.1) is 0 Å². The Kier molecular flexibility index (Phi) is 9.96. The number of thiol groups is 1. The zero-order valence-electron chi connectivity index (χ0n) is 8.01. The number of unbranched alkanes of at least 4 members (excludes halogenated alkanes) is 1. The molecule has 0 atom stereocenters. The molecule has 0 heterocycles. The van der Waals surface area contributed by atoms with Crippen LogP contribution in [0.2, 0.25) is 6.04 Å². The summed E-state index contributed by atoms with van der Waals surface area (Å²) in [4.78, 5) is 0. The van der Waals surface area contributed by atoms with Crippen molar-refractivity contribution in [2.24, 2.45) is 0 Å². The zero-order valence-corrected chi connectivity index (χ0v) is 9.90. The standard InChI is InChI=1S/C8H19O2SSi/c1-3-9-12(10-4-2)8-6-5-7-11/h11H,3-8H2,1-2H3. The van der Waals surface area contributed by atoms with Gasteiger partial charge in [0.2, 0.25) is 0 Å². The predicted molar refractivity (Wildman–Crippen MR) is 56.9 cm³/mol. The van der Waals surface area contributed by atoms with E-state index in [0.29, 0.717) is 0 Å². The quantitative estimate of drug-likeness (QED) is 0.374. The van der Waals surface area contributed by atoms with Crippen LogP contribution in [0.4, 0.5) is 0 Å². The van der Waals surface area contributed by atoms with Gasteiger partial charge < -0.3 is 8.85 Å². The first-order chi connectivity index (χ1) is 5.85. The SMILES string of the molecule is CCO[Si](CCCCS)OCC. The molecule has 0 aliphatic rings. The molecule has 0 amide bonds. The summed E-state index contributed by atoms with van der Waals surface area (Å²) in [6, 6.07) is 1.09. The van der Waals surface area contributed by atoms with Crippen LogP contribution in [0.5, 0.6) is 0 Å². The molecule has 0 bridgehead atoms. The minimum Gasteiger partial charge on any atom is -0.394 e. The van der Waals surface area contributed by atoms with Gasteiger partial charge in [-0.05, 0) is 32.1 Å². The predicted octanol–water partition coefficient (Wildman–Crippen LogP) is 2.26. The lowest BCUT2D eigenvalue weighted by molar-refractivity contribution is 0.213. The molecule has 0 aromatic carbocycles. The Bertz CT molecular complexity index is 87.1. The fourth-order valence-corrected chi connectivity index (χ4v) is 2.67. The fraction of sp³-hybridized carbons (Fsp3) is 1.00. The van der Waals surface area contributed by atoms with Crippen molar-refractivity contribution in [2.75, 3.05) is 19.0 Å². The topological polar surface area (TPSA) is 18.5 Å². The van der Waals surface area contributed by atoms with Crippen molar-refractivity contribution in [3.8, 4) is 0 Å². The first-order valence-electron chi connectivity index (χ1n) is 4.57. The second-order valence-electron chi connectivity index (χ2n) is 2.42. The molecule has 12 heavy (non-hydrogen) atoms. The summed E-state index contributed by atoms with van der Waals surface area (Å²) < 4.78 is 11.0. The van der Waals surface area contributed by atoms with Gasteiger partial charge in [-0.1, -0.05) is 6.42 Å². The Morgan fingerprint density at radius 3 is 2.08 bits per heavy atom. The molecule has 0 aliphatic carbocycles. The summed E-state index contributed by atoms with van der Waals surface area (Å²) in [6.45, 7) is 5.58. The average molecular weight is 207 g/mol. The molecule has 1 radical (unpaired) electrons. The highest BCUT2D eigenvalue weighted by atomic mass is 32.1. The molecule has 0 aromatic heterocycles. The van der Waals surface area contributed by atoms with Crippen LogP contribution in [0.1, 0.15) is 26.7 Å². The summed E-state index contributed by atoms with van der Waals surface area (Å²) in [6.07, 6.45) is 2.34. The molecule has 0 N–H and O–H groups in total. The lowest BCUT2D eigenvalue weighted by atomic mass is 10.4. The zero-order chi connectivity index (χ0) is 9.23. The molecular weight excluding hydrogens is 188 g/mol. The monoisotopic (exact) mass is 207 g/mol. The molecular formula is C8H19O2SSi. The van der Waals surface area contributed by atoms with Crippen molar-refractivity contribution < 1.29 is 8.85 Å². The molecule has 4 heteroatoms. The highest BCUT2D eigenvalue weighted by molar-refractivity contribution is 7.80. The Labute approximate surface area is 82.9 Å². The van der Waals surface area contributed by atoms with Gasteiger partial charge in [0.25, 0.3) is 0 Å². The van der Waals surface area contributed by atoms with Crippen LogP contribution < -0.4 is 0 Å². The summed E-state index contributed by atoms with van der Waals surface area (Å²) in [5.74, 6) is 0.966. The van der Waals surface area contributed by atoms with E-state index in [0.717, 1.165) is 31.4 Å². The van der Waals surface area contributed by atoms with Gasteiger partial charge in [-0.25, -0.2) is 0 Å². The van der Waals surface area contributed by atoms with Gasteiger partial charge >= 0.3 is 9.28 Å². The number of hydrogen-bond donors (Lipinski definition) is 1. The van der Waals surface area contributed by atoms with Gasteiger partial charge in [-0.3, -0.25) is 0 Å². The van der Waals surface area contributed by atoms with Crippen molar-refractivity contribution in [1.82, 2.24) is 0 Å². The smallest absolute Gasteiger partial charge is 0.384 e. The lowest BCUT2D eigenvalue weighted by Gasteiger charge is -2.12. The molecule has 0 saturated heterocycles. The van der Waals surface area contributed by atoms with Crippen molar-refractivity contribution >= 4 is 21.9 Å². The molecule has 0 spiro atoms. The van der Waals surface area contributed by atoms with Gasteiger partial charge in [-0.15, -0.1) is 0 Å². The fourth-order valence-electron chi connectivity index (χ4n) is 0.889. The molecule has 0 fully saturated rings. The van der Waals surface area contributed by atoms with Crippen LogP contribution in [0.15, 0.2) is 0 Å². The van der Waals surface area contributed by atoms with Crippen LogP contribution in [-0.4, -0.2) is 28.3 Å². The average Bonchev–Trinajstić information content (AvgIpc) is 2.06. The number of rotatable bonds is 8. The molecule has 0 aromatic rings. The molecule has 0 aliphatic heterocycles. The molecule has 0 rings (SSSR count). The Balaban J connectivity index is 3.34. The highest BCUT2D eigenvalue weighted by Gasteiger charge is 2.12. The van der Waals surface area contributed by atoms with Crippen molar-refractivity contribution in [3.63, 3.8) is 0 Å². The van der Waals surface area contributed by atoms with E-state index in [-0.39, 0.29) is 0 Å². The maximum Gasteiger partial charge on any atom is 0.384 e. The Morgan fingerprint density at radius 2 is 1.67 bits per heavy atom. The first kappa shape index (κ1) is 12.5. The second-order valence-corrected chi connectivity index (χ2v) is 4.69. The summed E-state index contributed by atoms with van der Waals surface area (Å²) in [5, 5.41) is 0. The largest absolute Gasteiger partial charge is 0.394 e. The second kappa shape index (κ2) is 9.57. The van der Waals surface area contributed by atoms with Crippen molar-refractivity contribution in [3.05, 3.63) is 0 Å². The minimum absolute atomic E-state index is 0.773. The van der Waals surface area contributed by atoms with E-state index in [4.69, 9.17) is 8.85 Å². The molecule has 73 valence electrons. The van der Waals surface area contributed by atoms with E-state index >= 15 is 0 Å². The molecule has 0 unspecified atom stereocenters. The van der Waals surface area contributed by atoms with Gasteiger partial charge in [-0.2, -0.15) is 12.6 Å². The van der Waals surface area contributed by atoms with E-state index in [1.165, 1.54) is 6.42 Å². The van der Waals surface area contributed by atoms with E-state index in [1.807, 2.05) is 13.8 Å². The minimum atomic E-state index is -0.953. The van der Waals surface area contributed by atoms with Gasteiger partial charge in [0.05, 0.1) is 0 Å². The summed E-state index contributed by atoms with van der Waals surface area (Å²) in [5.41, 5.74) is 0.